The third kappa shape index (κ3) is 4.92. The van der Waals surface area contributed by atoms with E-state index in [2.05, 4.69) is 20.8 Å². The van der Waals surface area contributed by atoms with E-state index < -0.39 is 12.1 Å². The highest BCUT2D eigenvalue weighted by Crippen LogP contribution is 2.37. The SMILES string of the molecule is CCNC(=NCc1ccon1)NC1CCCC(C(F)(F)F)C1. The van der Waals surface area contributed by atoms with Gasteiger partial charge in [-0.3, -0.25) is 0 Å². The van der Waals surface area contributed by atoms with E-state index >= 15 is 0 Å². The Morgan fingerprint density at radius 3 is 2.91 bits per heavy atom. The van der Waals surface area contributed by atoms with Crippen molar-refractivity contribution in [2.75, 3.05) is 6.54 Å². The predicted molar refractivity (Wildman–Crippen MR) is 76.3 cm³/mol. The van der Waals surface area contributed by atoms with Crippen LogP contribution in [-0.2, 0) is 6.54 Å². The third-order valence-corrected chi connectivity index (χ3v) is 3.71. The summed E-state index contributed by atoms with van der Waals surface area (Å²) >= 11 is 0. The smallest absolute Gasteiger partial charge is 0.364 e. The molecule has 1 fully saturated rings. The Balaban J connectivity index is 1.93. The molecule has 0 spiro atoms. The molecule has 2 unspecified atom stereocenters. The van der Waals surface area contributed by atoms with Gasteiger partial charge in [-0.1, -0.05) is 11.6 Å². The van der Waals surface area contributed by atoms with E-state index in [1.807, 2.05) is 6.92 Å². The van der Waals surface area contributed by atoms with Crippen LogP contribution in [0, 0.1) is 5.92 Å². The molecular formula is C14H21F3N4O. The molecule has 0 bridgehead atoms. The van der Waals surface area contributed by atoms with Crippen molar-refractivity contribution in [2.45, 2.75) is 51.4 Å². The molecule has 0 saturated heterocycles. The van der Waals surface area contributed by atoms with Gasteiger partial charge in [-0.15, -0.1) is 0 Å². The van der Waals surface area contributed by atoms with Crippen molar-refractivity contribution in [3.05, 3.63) is 18.0 Å². The van der Waals surface area contributed by atoms with Crippen LogP contribution < -0.4 is 10.6 Å². The van der Waals surface area contributed by atoms with Crippen LogP contribution in [0.2, 0.25) is 0 Å². The van der Waals surface area contributed by atoms with E-state index in [0.717, 1.165) is 6.42 Å². The van der Waals surface area contributed by atoms with E-state index in [1.165, 1.54) is 6.26 Å². The summed E-state index contributed by atoms with van der Waals surface area (Å²) < 4.78 is 43.2. The summed E-state index contributed by atoms with van der Waals surface area (Å²) in [5, 5.41) is 9.90. The van der Waals surface area contributed by atoms with Crippen LogP contribution >= 0.6 is 0 Å². The minimum Gasteiger partial charge on any atom is -0.364 e. The lowest BCUT2D eigenvalue weighted by atomic mass is 9.85. The lowest BCUT2D eigenvalue weighted by Gasteiger charge is -2.31. The molecule has 124 valence electrons. The molecule has 2 N–H and O–H groups in total. The van der Waals surface area contributed by atoms with E-state index in [1.54, 1.807) is 6.07 Å². The van der Waals surface area contributed by atoms with Gasteiger partial charge < -0.3 is 15.2 Å². The number of halogens is 3. The Morgan fingerprint density at radius 1 is 1.45 bits per heavy atom. The fraction of sp³-hybridized carbons (Fsp3) is 0.714. The van der Waals surface area contributed by atoms with Crippen LogP contribution in [0.1, 0.15) is 38.3 Å². The van der Waals surface area contributed by atoms with Crippen molar-refractivity contribution in [3.63, 3.8) is 0 Å². The summed E-state index contributed by atoms with van der Waals surface area (Å²) in [5.74, 6) is -0.713. The maximum atomic E-state index is 12.8. The number of nitrogens with one attached hydrogen (secondary N) is 2. The van der Waals surface area contributed by atoms with Crippen LogP contribution in [0.5, 0.6) is 0 Å². The summed E-state index contributed by atoms with van der Waals surface area (Å²) in [5.41, 5.74) is 0.675. The first kappa shape index (κ1) is 16.6. The van der Waals surface area contributed by atoms with Crippen LogP contribution in [-0.4, -0.2) is 29.9 Å². The Hall–Kier alpha value is -1.73. The van der Waals surface area contributed by atoms with E-state index in [9.17, 15) is 13.2 Å². The first-order chi connectivity index (χ1) is 10.5. The zero-order valence-electron chi connectivity index (χ0n) is 12.5. The fourth-order valence-electron chi connectivity index (χ4n) is 2.61. The molecule has 0 aliphatic heterocycles. The standard InChI is InChI=1S/C14H21F3N4O/c1-2-18-13(19-9-12-6-7-22-21-12)20-11-5-3-4-10(8-11)14(15,16)17/h6-7,10-11H,2-5,8-9H2,1H3,(H2,18,19,20). The zero-order chi connectivity index (χ0) is 16.0. The molecule has 2 atom stereocenters. The summed E-state index contributed by atoms with van der Waals surface area (Å²) in [6, 6.07) is 1.49. The molecule has 1 aromatic rings. The maximum absolute atomic E-state index is 12.8. The second-order valence-corrected chi connectivity index (χ2v) is 5.43. The van der Waals surface area contributed by atoms with Crippen molar-refractivity contribution < 1.29 is 17.7 Å². The minimum absolute atomic E-state index is 0.0951. The van der Waals surface area contributed by atoms with Gasteiger partial charge in [-0.05, 0) is 26.2 Å². The molecule has 0 radical (unpaired) electrons. The van der Waals surface area contributed by atoms with Crippen LogP contribution in [0.25, 0.3) is 0 Å². The number of hydrogen-bond donors (Lipinski definition) is 2. The molecule has 0 amide bonds. The number of guanidine groups is 1. The van der Waals surface area contributed by atoms with Gasteiger partial charge in [0.2, 0.25) is 0 Å². The summed E-state index contributed by atoms with van der Waals surface area (Å²) in [4.78, 5) is 4.33. The lowest BCUT2D eigenvalue weighted by Crippen LogP contribution is -2.46. The molecule has 2 rings (SSSR count). The van der Waals surface area contributed by atoms with Crippen molar-refractivity contribution >= 4 is 5.96 Å². The van der Waals surface area contributed by atoms with Crippen LogP contribution in [0.3, 0.4) is 0 Å². The second-order valence-electron chi connectivity index (χ2n) is 5.43. The Bertz CT molecular complexity index is 473. The molecular weight excluding hydrogens is 297 g/mol. The van der Waals surface area contributed by atoms with Gasteiger partial charge in [0, 0.05) is 18.7 Å². The van der Waals surface area contributed by atoms with Crippen LogP contribution in [0.4, 0.5) is 13.2 Å². The molecule has 22 heavy (non-hydrogen) atoms. The molecule has 1 saturated carbocycles. The lowest BCUT2D eigenvalue weighted by molar-refractivity contribution is -0.183. The van der Waals surface area contributed by atoms with Gasteiger partial charge in [0.25, 0.3) is 0 Å². The predicted octanol–water partition coefficient (Wildman–Crippen LogP) is 2.85. The van der Waals surface area contributed by atoms with Crippen molar-refractivity contribution in [3.8, 4) is 0 Å². The van der Waals surface area contributed by atoms with Gasteiger partial charge in [-0.25, -0.2) is 4.99 Å². The van der Waals surface area contributed by atoms with Gasteiger partial charge in [0.05, 0.1) is 12.5 Å². The van der Waals surface area contributed by atoms with Crippen LogP contribution in [0.15, 0.2) is 21.8 Å². The number of aliphatic imine (C=N–C) groups is 1. The number of nitrogens with zero attached hydrogens (tertiary/aromatic N) is 2. The average Bonchev–Trinajstić information content (AvgIpc) is 2.98. The number of rotatable bonds is 4. The summed E-state index contributed by atoms with van der Waals surface area (Å²) in [7, 11) is 0. The molecule has 0 aromatic carbocycles. The topological polar surface area (TPSA) is 62.5 Å². The highest BCUT2D eigenvalue weighted by Gasteiger charge is 2.42. The van der Waals surface area contributed by atoms with Crippen molar-refractivity contribution in [1.29, 1.82) is 0 Å². The molecule has 1 heterocycles. The number of alkyl halides is 3. The van der Waals surface area contributed by atoms with Crippen molar-refractivity contribution in [2.24, 2.45) is 10.9 Å². The van der Waals surface area contributed by atoms with Gasteiger partial charge in [-0.2, -0.15) is 13.2 Å². The highest BCUT2D eigenvalue weighted by molar-refractivity contribution is 5.80. The van der Waals surface area contributed by atoms with E-state index in [-0.39, 0.29) is 18.9 Å². The quantitative estimate of drug-likeness (QED) is 0.662. The molecule has 5 nitrogen and oxygen atoms in total. The van der Waals surface area contributed by atoms with Gasteiger partial charge in [0.1, 0.15) is 12.0 Å². The van der Waals surface area contributed by atoms with E-state index in [0.29, 0.717) is 31.2 Å². The number of aromatic nitrogens is 1. The third-order valence-electron chi connectivity index (χ3n) is 3.71. The molecule has 1 aliphatic carbocycles. The first-order valence-electron chi connectivity index (χ1n) is 7.50. The zero-order valence-corrected chi connectivity index (χ0v) is 12.5. The second kappa shape index (κ2) is 7.51. The van der Waals surface area contributed by atoms with Gasteiger partial charge in [0.15, 0.2) is 5.96 Å². The Morgan fingerprint density at radius 2 is 2.27 bits per heavy atom. The Kier molecular flexibility index (Phi) is 5.68. The average molecular weight is 318 g/mol. The largest absolute Gasteiger partial charge is 0.391 e. The van der Waals surface area contributed by atoms with Crippen molar-refractivity contribution in [1.82, 2.24) is 15.8 Å². The van der Waals surface area contributed by atoms with Gasteiger partial charge >= 0.3 is 6.18 Å². The van der Waals surface area contributed by atoms with E-state index in [4.69, 9.17) is 4.52 Å². The maximum Gasteiger partial charge on any atom is 0.391 e. The summed E-state index contributed by atoms with van der Waals surface area (Å²) in [6.45, 7) is 2.87. The Labute approximate surface area is 127 Å². The molecule has 8 heteroatoms. The summed E-state index contributed by atoms with van der Waals surface area (Å²) in [6.07, 6.45) is -1.05. The number of hydrogen-bond acceptors (Lipinski definition) is 3. The molecule has 1 aromatic heterocycles. The minimum atomic E-state index is -4.11. The first-order valence-corrected chi connectivity index (χ1v) is 7.50. The highest BCUT2D eigenvalue weighted by atomic mass is 19.4. The fourth-order valence-corrected chi connectivity index (χ4v) is 2.61. The monoisotopic (exact) mass is 318 g/mol. The normalized spacial score (nSPS) is 23.4. The molecule has 1 aliphatic rings.